The van der Waals surface area contributed by atoms with Crippen molar-refractivity contribution in [2.45, 2.75) is 37.8 Å². The van der Waals surface area contributed by atoms with Crippen LogP contribution in [0.25, 0.3) is 11.3 Å². The maximum absolute atomic E-state index is 12.7. The van der Waals surface area contributed by atoms with E-state index in [1.54, 1.807) is 35.1 Å². The summed E-state index contributed by atoms with van der Waals surface area (Å²) in [6.45, 7) is 1.57. The molecule has 2 aromatic carbocycles. The molecule has 172 valence electrons. The van der Waals surface area contributed by atoms with Crippen LogP contribution in [0.2, 0.25) is 5.02 Å². The Morgan fingerprint density at radius 3 is 2.48 bits per heavy atom. The summed E-state index contributed by atoms with van der Waals surface area (Å²) in [6.07, 6.45) is 7.04. The average Bonchev–Trinajstić information content (AvgIpc) is 3.49. The van der Waals surface area contributed by atoms with Crippen molar-refractivity contribution in [3.8, 4) is 17.0 Å². The molecule has 1 amide bonds. The number of carbonyl (C=O) groups excluding carboxylic acids is 1. The number of ether oxygens (including phenoxy) is 1. The second-order valence-electron chi connectivity index (χ2n) is 8.69. The molecule has 0 radical (unpaired) electrons. The number of fused-ring (bicyclic) bond motifs is 2. The van der Waals surface area contributed by atoms with Crippen molar-refractivity contribution < 1.29 is 9.53 Å². The summed E-state index contributed by atoms with van der Waals surface area (Å²) in [5.74, 6) is 0.579. The molecule has 3 aromatic rings. The fourth-order valence-corrected chi connectivity index (χ4v) is 5.77. The summed E-state index contributed by atoms with van der Waals surface area (Å²) < 4.78 is 8.96. The molecule has 0 spiro atoms. The number of aryl methyl sites for hydroxylation is 1. The Morgan fingerprint density at radius 2 is 1.85 bits per heavy atom. The number of aromatic nitrogens is 2. The molecule has 33 heavy (non-hydrogen) atoms. The monoisotopic (exact) mass is 528 g/mol. The standard InChI is InChI=1S/C25H26BrClN4O2/c1-30-24(22(26)15-28-30)21-14-18(29-25(32)16-2-4-17(27)5-3-16)6-11-23(21)33-13-12-31-19-7-8-20(31)10-9-19/h2-6,11,14-15,19-20H,7-10,12-13H2,1H3,(H,29,32). The molecule has 2 saturated heterocycles. The number of nitrogens with one attached hydrogen (secondary N) is 1. The molecule has 0 atom stereocenters. The molecule has 3 heterocycles. The molecule has 1 aromatic heterocycles. The predicted molar refractivity (Wildman–Crippen MR) is 134 cm³/mol. The predicted octanol–water partition coefficient (Wildman–Crippen LogP) is 5.76. The van der Waals surface area contributed by atoms with Gasteiger partial charge < -0.3 is 10.1 Å². The van der Waals surface area contributed by atoms with E-state index in [0.717, 1.165) is 40.1 Å². The van der Waals surface area contributed by atoms with Crippen LogP contribution < -0.4 is 10.1 Å². The first kappa shape index (κ1) is 22.4. The van der Waals surface area contributed by atoms with Crippen LogP contribution in [-0.4, -0.2) is 45.8 Å². The van der Waals surface area contributed by atoms with Gasteiger partial charge in [0.05, 0.1) is 16.4 Å². The van der Waals surface area contributed by atoms with E-state index >= 15 is 0 Å². The van der Waals surface area contributed by atoms with Gasteiger partial charge in [-0.2, -0.15) is 5.10 Å². The fraction of sp³-hybridized carbons (Fsp3) is 0.360. The van der Waals surface area contributed by atoms with E-state index in [0.29, 0.717) is 22.9 Å². The molecule has 2 aliphatic rings. The zero-order valence-corrected chi connectivity index (χ0v) is 20.8. The summed E-state index contributed by atoms with van der Waals surface area (Å²) in [7, 11) is 1.89. The smallest absolute Gasteiger partial charge is 0.255 e. The summed E-state index contributed by atoms with van der Waals surface area (Å²) in [5.41, 5.74) is 3.00. The van der Waals surface area contributed by atoms with Crippen LogP contribution in [0.15, 0.2) is 53.1 Å². The van der Waals surface area contributed by atoms with Crippen molar-refractivity contribution in [1.82, 2.24) is 14.7 Å². The van der Waals surface area contributed by atoms with Gasteiger partial charge in [-0.05, 0) is 84.1 Å². The minimum Gasteiger partial charge on any atom is -0.492 e. The highest BCUT2D eigenvalue weighted by Gasteiger charge is 2.38. The Labute approximate surface area is 207 Å². The molecule has 0 unspecified atom stereocenters. The lowest BCUT2D eigenvalue weighted by molar-refractivity contribution is 0.102. The highest BCUT2D eigenvalue weighted by Crippen LogP contribution is 2.38. The lowest BCUT2D eigenvalue weighted by Crippen LogP contribution is -2.32. The number of nitrogens with zero attached hydrogens (tertiary/aromatic N) is 3. The average molecular weight is 530 g/mol. The zero-order chi connectivity index (χ0) is 22.9. The van der Waals surface area contributed by atoms with Crippen molar-refractivity contribution in [1.29, 1.82) is 0 Å². The van der Waals surface area contributed by atoms with Crippen LogP contribution in [0.5, 0.6) is 5.75 Å². The number of rotatable bonds is 7. The third-order valence-electron chi connectivity index (χ3n) is 6.70. The van der Waals surface area contributed by atoms with E-state index in [4.69, 9.17) is 16.3 Å². The van der Waals surface area contributed by atoms with Crippen LogP contribution in [-0.2, 0) is 7.05 Å². The van der Waals surface area contributed by atoms with Gasteiger partial charge in [-0.3, -0.25) is 14.4 Å². The van der Waals surface area contributed by atoms with E-state index in [1.807, 2.05) is 25.2 Å². The molecule has 1 N–H and O–H groups in total. The first-order valence-electron chi connectivity index (χ1n) is 11.3. The second kappa shape index (κ2) is 9.49. The van der Waals surface area contributed by atoms with E-state index in [9.17, 15) is 4.79 Å². The summed E-state index contributed by atoms with van der Waals surface area (Å²) >= 11 is 9.55. The number of amides is 1. The van der Waals surface area contributed by atoms with E-state index in [1.165, 1.54) is 25.7 Å². The lowest BCUT2D eigenvalue weighted by atomic mass is 10.0. The van der Waals surface area contributed by atoms with Crippen molar-refractivity contribution in [3.05, 3.63) is 63.7 Å². The lowest BCUT2D eigenvalue weighted by Gasteiger charge is -2.22. The largest absolute Gasteiger partial charge is 0.492 e. The Kier molecular flexibility index (Phi) is 6.45. The van der Waals surface area contributed by atoms with Crippen LogP contribution in [0.4, 0.5) is 5.69 Å². The molecule has 0 aliphatic carbocycles. The number of anilines is 1. The first-order valence-corrected chi connectivity index (χ1v) is 12.4. The third kappa shape index (κ3) is 4.67. The summed E-state index contributed by atoms with van der Waals surface area (Å²) in [4.78, 5) is 15.3. The Morgan fingerprint density at radius 1 is 1.15 bits per heavy atom. The number of benzene rings is 2. The van der Waals surface area contributed by atoms with Gasteiger partial charge in [-0.25, -0.2) is 0 Å². The number of carbonyl (C=O) groups is 1. The second-order valence-corrected chi connectivity index (χ2v) is 9.98. The van der Waals surface area contributed by atoms with Crippen LogP contribution >= 0.6 is 27.5 Å². The van der Waals surface area contributed by atoms with Crippen molar-refractivity contribution in [3.63, 3.8) is 0 Å². The maximum Gasteiger partial charge on any atom is 0.255 e. The topological polar surface area (TPSA) is 59.4 Å². The minimum absolute atomic E-state index is 0.195. The molecular weight excluding hydrogens is 504 g/mol. The van der Waals surface area contributed by atoms with E-state index in [-0.39, 0.29) is 5.91 Å². The van der Waals surface area contributed by atoms with Gasteiger partial charge in [-0.15, -0.1) is 0 Å². The van der Waals surface area contributed by atoms with Crippen LogP contribution in [0.1, 0.15) is 36.0 Å². The molecule has 8 heteroatoms. The molecule has 0 saturated carbocycles. The van der Waals surface area contributed by atoms with Crippen molar-refractivity contribution in [2.24, 2.45) is 7.05 Å². The number of hydrogen-bond donors (Lipinski definition) is 1. The Bertz CT molecular complexity index is 1120. The first-order chi connectivity index (χ1) is 16.0. The summed E-state index contributed by atoms with van der Waals surface area (Å²) in [6, 6.07) is 14.0. The zero-order valence-electron chi connectivity index (χ0n) is 18.4. The van der Waals surface area contributed by atoms with Gasteiger partial charge in [0.15, 0.2) is 0 Å². The maximum atomic E-state index is 12.7. The Hall–Kier alpha value is -2.35. The van der Waals surface area contributed by atoms with Gasteiger partial charge in [-0.1, -0.05) is 11.6 Å². The van der Waals surface area contributed by atoms with Gasteiger partial charge in [0.25, 0.3) is 5.91 Å². The van der Waals surface area contributed by atoms with Gasteiger partial charge >= 0.3 is 0 Å². The fourth-order valence-electron chi connectivity index (χ4n) is 5.08. The normalized spacial score (nSPS) is 19.7. The van der Waals surface area contributed by atoms with Crippen LogP contribution in [0.3, 0.4) is 0 Å². The molecular formula is C25H26BrClN4O2. The van der Waals surface area contributed by atoms with Crippen molar-refractivity contribution in [2.75, 3.05) is 18.5 Å². The third-order valence-corrected chi connectivity index (χ3v) is 7.54. The SMILES string of the molecule is Cn1ncc(Br)c1-c1cc(NC(=O)c2ccc(Cl)cc2)ccc1OCCN1C2CCC1CC2. The molecule has 2 bridgehead atoms. The molecule has 2 fully saturated rings. The molecule has 2 aliphatic heterocycles. The van der Waals surface area contributed by atoms with Gasteiger partial charge in [0, 0.05) is 47.5 Å². The molecule has 6 nitrogen and oxygen atoms in total. The molecule has 5 rings (SSSR count). The van der Waals surface area contributed by atoms with Crippen molar-refractivity contribution >= 4 is 39.1 Å². The van der Waals surface area contributed by atoms with Gasteiger partial charge in [0.1, 0.15) is 12.4 Å². The number of hydrogen-bond acceptors (Lipinski definition) is 4. The minimum atomic E-state index is -0.195. The quantitative estimate of drug-likeness (QED) is 0.423. The highest BCUT2D eigenvalue weighted by atomic mass is 79.9. The van der Waals surface area contributed by atoms with Crippen LogP contribution in [0, 0.1) is 0 Å². The van der Waals surface area contributed by atoms with E-state index in [2.05, 4.69) is 31.2 Å². The highest BCUT2D eigenvalue weighted by molar-refractivity contribution is 9.10. The van der Waals surface area contributed by atoms with E-state index < -0.39 is 0 Å². The Balaban J connectivity index is 1.36. The van der Waals surface area contributed by atoms with Gasteiger partial charge in [0.2, 0.25) is 0 Å². The summed E-state index contributed by atoms with van der Waals surface area (Å²) in [5, 5.41) is 7.93. The number of halogens is 2.